The Hall–Kier alpha value is -1.000. The molecule has 1 N–H and O–H groups in total. The van der Waals surface area contributed by atoms with Gasteiger partial charge in [-0.05, 0) is 30.2 Å². The van der Waals surface area contributed by atoms with E-state index in [0.29, 0.717) is 11.6 Å². The van der Waals surface area contributed by atoms with Crippen LogP contribution in [0.15, 0.2) is 23.2 Å². The molecule has 1 amide bonds. The lowest BCUT2D eigenvalue weighted by atomic mass is 10.1. The number of nitrogens with zero attached hydrogens (tertiary/aromatic N) is 1. The van der Waals surface area contributed by atoms with Crippen molar-refractivity contribution in [2.24, 2.45) is 4.99 Å². The van der Waals surface area contributed by atoms with Crippen LogP contribution >= 0.6 is 23.4 Å². The second kappa shape index (κ2) is 4.68. The molecule has 5 heteroatoms. The van der Waals surface area contributed by atoms with Gasteiger partial charge in [-0.25, -0.2) is 4.99 Å². The molecule has 0 saturated carbocycles. The molecule has 15 heavy (non-hydrogen) atoms. The van der Waals surface area contributed by atoms with Gasteiger partial charge in [0.25, 0.3) is 0 Å². The molecule has 0 aromatic heterocycles. The SMILES string of the molecule is O=CNC1=Nc2ccc(Cl)cc2CCS1. The molecule has 0 unspecified atom stereocenters. The highest BCUT2D eigenvalue weighted by atomic mass is 35.5. The van der Waals surface area contributed by atoms with Gasteiger partial charge in [0.2, 0.25) is 6.41 Å². The van der Waals surface area contributed by atoms with Gasteiger partial charge in [0.05, 0.1) is 5.69 Å². The van der Waals surface area contributed by atoms with Crippen LogP contribution in [-0.4, -0.2) is 17.3 Å². The molecular weight excluding hydrogens is 232 g/mol. The molecule has 1 aromatic carbocycles. The van der Waals surface area contributed by atoms with Crippen molar-refractivity contribution in [1.82, 2.24) is 5.32 Å². The van der Waals surface area contributed by atoms with Gasteiger partial charge in [0.15, 0.2) is 5.17 Å². The fraction of sp³-hybridized carbons (Fsp3) is 0.200. The zero-order valence-electron chi connectivity index (χ0n) is 7.87. The highest BCUT2D eigenvalue weighted by Gasteiger charge is 2.10. The van der Waals surface area contributed by atoms with Crippen molar-refractivity contribution in [2.75, 3.05) is 5.75 Å². The normalized spacial score (nSPS) is 14.9. The van der Waals surface area contributed by atoms with Crippen LogP contribution in [0.5, 0.6) is 0 Å². The Morgan fingerprint density at radius 3 is 3.20 bits per heavy atom. The van der Waals surface area contributed by atoms with Crippen molar-refractivity contribution in [3.8, 4) is 0 Å². The molecule has 0 bridgehead atoms. The standard InChI is InChI=1S/C10H9ClN2OS/c11-8-1-2-9-7(5-8)3-4-15-10(13-9)12-6-14/h1-2,5-6H,3-4H2,(H,12,13,14). The van der Waals surface area contributed by atoms with Crippen molar-refractivity contribution in [1.29, 1.82) is 0 Å². The molecule has 1 aliphatic heterocycles. The highest BCUT2D eigenvalue weighted by molar-refractivity contribution is 8.13. The van der Waals surface area contributed by atoms with E-state index in [-0.39, 0.29) is 0 Å². The molecule has 1 heterocycles. The Morgan fingerprint density at radius 1 is 1.53 bits per heavy atom. The Balaban J connectivity index is 2.37. The smallest absolute Gasteiger partial charge is 0.213 e. The first kappa shape index (κ1) is 10.5. The predicted molar refractivity (Wildman–Crippen MR) is 63.9 cm³/mol. The summed E-state index contributed by atoms with van der Waals surface area (Å²) in [5, 5.41) is 3.95. The zero-order valence-corrected chi connectivity index (χ0v) is 9.44. The van der Waals surface area contributed by atoms with Gasteiger partial charge < -0.3 is 5.32 Å². The van der Waals surface area contributed by atoms with Crippen LogP contribution in [0.25, 0.3) is 0 Å². The summed E-state index contributed by atoms with van der Waals surface area (Å²) in [7, 11) is 0. The van der Waals surface area contributed by atoms with E-state index < -0.39 is 0 Å². The summed E-state index contributed by atoms with van der Waals surface area (Å²) in [5.41, 5.74) is 2.01. The van der Waals surface area contributed by atoms with Crippen molar-refractivity contribution in [2.45, 2.75) is 6.42 Å². The van der Waals surface area contributed by atoms with Gasteiger partial charge in [-0.1, -0.05) is 23.4 Å². The minimum absolute atomic E-state index is 0.645. The Bertz CT molecular complexity index is 420. The lowest BCUT2D eigenvalue weighted by molar-refractivity contribution is -0.108. The Labute approximate surface area is 96.9 Å². The summed E-state index contributed by atoms with van der Waals surface area (Å²) in [5.74, 6) is 0.896. The summed E-state index contributed by atoms with van der Waals surface area (Å²) < 4.78 is 0. The Kier molecular flexibility index (Phi) is 3.28. The molecule has 3 nitrogen and oxygen atoms in total. The summed E-state index contributed by atoms with van der Waals surface area (Å²) in [6, 6.07) is 5.60. The van der Waals surface area contributed by atoms with E-state index in [1.165, 1.54) is 11.8 Å². The third-order valence-corrected chi connectivity index (χ3v) is 3.18. The summed E-state index contributed by atoms with van der Waals surface area (Å²) in [6.45, 7) is 0. The quantitative estimate of drug-likeness (QED) is 0.766. The van der Waals surface area contributed by atoms with Crippen LogP contribution in [0, 0.1) is 0 Å². The van der Waals surface area contributed by atoms with E-state index in [2.05, 4.69) is 10.3 Å². The molecule has 0 aliphatic carbocycles. The monoisotopic (exact) mass is 240 g/mol. The van der Waals surface area contributed by atoms with Gasteiger partial charge in [0, 0.05) is 10.8 Å². The molecular formula is C10H9ClN2OS. The first-order chi connectivity index (χ1) is 7.29. The van der Waals surface area contributed by atoms with Gasteiger partial charge in [-0.15, -0.1) is 0 Å². The molecule has 0 fully saturated rings. The number of hydrogen-bond donors (Lipinski definition) is 1. The van der Waals surface area contributed by atoms with Crippen LogP contribution in [0.3, 0.4) is 0 Å². The van der Waals surface area contributed by atoms with Crippen LogP contribution in [0.2, 0.25) is 5.02 Å². The Morgan fingerprint density at radius 2 is 2.40 bits per heavy atom. The average molecular weight is 241 g/mol. The van der Waals surface area contributed by atoms with E-state index in [9.17, 15) is 4.79 Å². The lowest BCUT2D eigenvalue weighted by Crippen LogP contribution is -2.17. The first-order valence-electron chi connectivity index (χ1n) is 4.49. The summed E-state index contributed by atoms with van der Waals surface area (Å²) in [6.07, 6.45) is 1.56. The number of fused-ring (bicyclic) bond motifs is 1. The molecule has 1 aromatic rings. The van der Waals surface area contributed by atoms with Crippen molar-refractivity contribution >= 4 is 40.6 Å². The number of halogens is 1. The van der Waals surface area contributed by atoms with Gasteiger partial charge in [0.1, 0.15) is 0 Å². The van der Waals surface area contributed by atoms with Crippen LogP contribution in [0.4, 0.5) is 5.69 Å². The topological polar surface area (TPSA) is 41.5 Å². The van der Waals surface area contributed by atoms with Crippen LogP contribution in [0.1, 0.15) is 5.56 Å². The van der Waals surface area contributed by atoms with E-state index in [0.717, 1.165) is 28.4 Å². The third-order valence-electron chi connectivity index (χ3n) is 2.06. The number of aryl methyl sites for hydroxylation is 1. The molecule has 0 atom stereocenters. The fourth-order valence-corrected chi connectivity index (χ4v) is 2.39. The minimum Gasteiger partial charge on any atom is -0.308 e. The summed E-state index contributed by atoms with van der Waals surface area (Å²) in [4.78, 5) is 14.7. The largest absolute Gasteiger partial charge is 0.308 e. The van der Waals surface area contributed by atoms with E-state index in [4.69, 9.17) is 11.6 Å². The fourth-order valence-electron chi connectivity index (χ4n) is 1.39. The number of hydrogen-bond acceptors (Lipinski definition) is 3. The van der Waals surface area contributed by atoms with Gasteiger partial charge in [-0.3, -0.25) is 4.79 Å². The second-order valence-electron chi connectivity index (χ2n) is 3.05. The predicted octanol–water partition coefficient (Wildman–Crippen LogP) is 2.36. The molecule has 2 rings (SSSR count). The average Bonchev–Trinajstić information content (AvgIpc) is 2.40. The second-order valence-corrected chi connectivity index (χ2v) is 4.57. The number of thioether (sulfide) groups is 1. The molecule has 78 valence electrons. The van der Waals surface area contributed by atoms with E-state index >= 15 is 0 Å². The number of aliphatic imine (C=N–C) groups is 1. The maximum absolute atomic E-state index is 10.3. The lowest BCUT2D eigenvalue weighted by Gasteiger charge is -2.01. The molecule has 0 saturated heterocycles. The molecule has 0 radical (unpaired) electrons. The van der Waals surface area contributed by atoms with E-state index in [1.807, 2.05) is 12.1 Å². The van der Waals surface area contributed by atoms with Crippen molar-refractivity contribution < 1.29 is 4.79 Å². The van der Waals surface area contributed by atoms with Crippen LogP contribution in [-0.2, 0) is 11.2 Å². The molecule has 0 spiro atoms. The number of rotatable bonds is 1. The number of amides is 1. The van der Waals surface area contributed by atoms with Crippen molar-refractivity contribution in [3.63, 3.8) is 0 Å². The highest BCUT2D eigenvalue weighted by Crippen LogP contribution is 2.28. The first-order valence-corrected chi connectivity index (χ1v) is 5.86. The third kappa shape index (κ3) is 2.52. The van der Waals surface area contributed by atoms with E-state index in [1.54, 1.807) is 6.07 Å². The van der Waals surface area contributed by atoms with Gasteiger partial charge in [-0.2, -0.15) is 0 Å². The summed E-state index contributed by atoms with van der Waals surface area (Å²) >= 11 is 7.44. The zero-order chi connectivity index (χ0) is 10.7. The number of amidine groups is 1. The maximum atomic E-state index is 10.3. The maximum Gasteiger partial charge on any atom is 0.213 e. The number of carbonyl (C=O) groups is 1. The number of benzene rings is 1. The molecule has 1 aliphatic rings. The van der Waals surface area contributed by atoms with Crippen molar-refractivity contribution in [3.05, 3.63) is 28.8 Å². The van der Waals surface area contributed by atoms with Gasteiger partial charge >= 0.3 is 0 Å². The number of nitrogens with one attached hydrogen (secondary N) is 1. The minimum atomic E-state index is 0.645. The number of carbonyl (C=O) groups excluding carboxylic acids is 1. The van der Waals surface area contributed by atoms with Crippen LogP contribution < -0.4 is 5.32 Å².